The maximum atomic E-state index is 5.53. The van der Waals surface area contributed by atoms with Crippen LogP contribution in [0.3, 0.4) is 0 Å². The summed E-state index contributed by atoms with van der Waals surface area (Å²) in [6.45, 7) is 14.9. The van der Waals surface area contributed by atoms with Crippen LogP contribution in [0, 0.1) is 13.8 Å². The Morgan fingerprint density at radius 3 is 2.32 bits per heavy atom. The second-order valence-electron chi connectivity index (χ2n) is 7.20. The van der Waals surface area contributed by atoms with Gasteiger partial charge in [-0.2, -0.15) is 0 Å². The lowest BCUT2D eigenvalue weighted by atomic mass is 10.1. The number of hydrogen-bond donors (Lipinski definition) is 1. The van der Waals surface area contributed by atoms with E-state index in [1.54, 1.807) is 0 Å². The highest BCUT2D eigenvalue weighted by atomic mass is 16.4. The van der Waals surface area contributed by atoms with Crippen LogP contribution in [0.2, 0.25) is 0 Å². The molecule has 1 N–H and O–H groups in total. The molecule has 25 heavy (non-hydrogen) atoms. The maximum Gasteiger partial charge on any atom is 0.238 e. The van der Waals surface area contributed by atoms with Gasteiger partial charge in [0.05, 0.1) is 0 Å². The van der Waals surface area contributed by atoms with Crippen LogP contribution in [0.25, 0.3) is 0 Å². The molecule has 0 spiro atoms. The molecule has 1 atom stereocenters. The van der Waals surface area contributed by atoms with Gasteiger partial charge in [-0.3, -0.25) is 4.90 Å². The largest absolute Gasteiger partial charge is 0.423 e. The van der Waals surface area contributed by atoms with Gasteiger partial charge in [-0.25, -0.2) is 0 Å². The molecule has 1 aliphatic rings. The van der Waals surface area contributed by atoms with E-state index < -0.39 is 0 Å². The summed E-state index contributed by atoms with van der Waals surface area (Å²) < 4.78 is 5.53. The van der Waals surface area contributed by atoms with E-state index in [0.717, 1.165) is 31.9 Å². The molecule has 0 amide bonds. The number of piperazine rings is 1. The zero-order chi connectivity index (χ0) is 18.0. The fourth-order valence-electron chi connectivity index (χ4n) is 3.32. The van der Waals surface area contributed by atoms with Gasteiger partial charge in [0.15, 0.2) is 0 Å². The average molecular weight is 343 g/mol. The van der Waals surface area contributed by atoms with Crippen molar-refractivity contribution in [2.24, 2.45) is 0 Å². The number of rotatable bonds is 5. The summed E-state index contributed by atoms with van der Waals surface area (Å²) in [5, 5.41) is 11.5. The van der Waals surface area contributed by atoms with Crippen LogP contribution in [0.4, 0.5) is 11.4 Å². The highest BCUT2D eigenvalue weighted by Crippen LogP contribution is 2.26. The molecule has 0 aliphatic carbocycles. The molecule has 136 valence electrons. The van der Waals surface area contributed by atoms with Crippen molar-refractivity contribution in [1.29, 1.82) is 0 Å². The molecule has 1 aliphatic heterocycles. The molecule has 1 aromatic heterocycles. The lowest BCUT2D eigenvalue weighted by Crippen LogP contribution is -2.48. The summed E-state index contributed by atoms with van der Waals surface area (Å²) in [6.07, 6.45) is 0. The summed E-state index contributed by atoms with van der Waals surface area (Å²) in [5.74, 6) is 1.21. The standard InChI is InChI=1S/C19H29N5O/c1-13(2)23-6-8-24(9-7-23)18-11-14(3)10-17(12-18)20-15(4)19-22-21-16(5)25-19/h10-13,15,20H,6-9H2,1-5H3/t15-/m1/s1. The third-order valence-electron chi connectivity index (χ3n) is 4.77. The molecule has 3 rings (SSSR count). The van der Waals surface area contributed by atoms with Gasteiger partial charge in [0.1, 0.15) is 6.04 Å². The van der Waals surface area contributed by atoms with Crippen LogP contribution in [0.5, 0.6) is 0 Å². The predicted molar refractivity (Wildman–Crippen MR) is 101 cm³/mol. The highest BCUT2D eigenvalue weighted by molar-refractivity contribution is 5.61. The van der Waals surface area contributed by atoms with E-state index in [9.17, 15) is 0 Å². The van der Waals surface area contributed by atoms with Gasteiger partial charge < -0.3 is 14.6 Å². The summed E-state index contributed by atoms with van der Waals surface area (Å²) in [4.78, 5) is 5.00. The molecule has 2 aromatic rings. The van der Waals surface area contributed by atoms with Gasteiger partial charge in [-0.1, -0.05) is 0 Å². The van der Waals surface area contributed by atoms with E-state index in [0.29, 0.717) is 17.8 Å². The molecule has 0 bridgehead atoms. The number of nitrogens with zero attached hydrogens (tertiary/aromatic N) is 4. The van der Waals surface area contributed by atoms with Crippen LogP contribution in [-0.4, -0.2) is 47.3 Å². The fraction of sp³-hybridized carbons (Fsp3) is 0.579. The minimum Gasteiger partial charge on any atom is -0.423 e. The minimum atomic E-state index is -0.0198. The smallest absolute Gasteiger partial charge is 0.238 e. The molecule has 1 fully saturated rings. The lowest BCUT2D eigenvalue weighted by molar-refractivity contribution is 0.209. The SMILES string of the molecule is Cc1cc(N[C@H](C)c2nnc(C)o2)cc(N2CCN(C(C)C)CC2)c1. The fourth-order valence-corrected chi connectivity index (χ4v) is 3.32. The first-order valence-corrected chi connectivity index (χ1v) is 9.09. The van der Waals surface area contributed by atoms with Crippen LogP contribution in [-0.2, 0) is 0 Å². The Morgan fingerprint density at radius 1 is 1.00 bits per heavy atom. The Balaban J connectivity index is 1.70. The number of nitrogens with one attached hydrogen (secondary N) is 1. The van der Waals surface area contributed by atoms with Crippen molar-refractivity contribution in [3.05, 3.63) is 35.5 Å². The van der Waals surface area contributed by atoms with Crippen LogP contribution in [0.1, 0.15) is 44.2 Å². The van der Waals surface area contributed by atoms with Crippen molar-refractivity contribution in [2.75, 3.05) is 36.4 Å². The third kappa shape index (κ3) is 4.31. The number of hydrogen-bond acceptors (Lipinski definition) is 6. The lowest BCUT2D eigenvalue weighted by Gasteiger charge is -2.38. The van der Waals surface area contributed by atoms with Crippen molar-refractivity contribution >= 4 is 11.4 Å². The normalized spacial score (nSPS) is 17.1. The first kappa shape index (κ1) is 17.7. The molecule has 2 heterocycles. The Hall–Kier alpha value is -2.08. The van der Waals surface area contributed by atoms with Crippen molar-refractivity contribution in [3.8, 4) is 0 Å². The molecule has 1 saturated heterocycles. The van der Waals surface area contributed by atoms with Crippen LogP contribution < -0.4 is 10.2 Å². The van der Waals surface area contributed by atoms with Crippen LogP contribution in [0.15, 0.2) is 22.6 Å². The van der Waals surface area contributed by atoms with Gasteiger partial charge >= 0.3 is 0 Å². The Morgan fingerprint density at radius 2 is 1.72 bits per heavy atom. The van der Waals surface area contributed by atoms with E-state index in [1.165, 1.54) is 11.3 Å². The van der Waals surface area contributed by atoms with E-state index in [2.05, 4.69) is 64.3 Å². The number of benzene rings is 1. The molecular weight excluding hydrogens is 314 g/mol. The van der Waals surface area contributed by atoms with E-state index in [4.69, 9.17) is 4.42 Å². The predicted octanol–water partition coefficient (Wildman–Crippen LogP) is 3.39. The summed E-state index contributed by atoms with van der Waals surface area (Å²) in [7, 11) is 0. The topological polar surface area (TPSA) is 57.4 Å². The second kappa shape index (κ2) is 7.44. The molecule has 6 nitrogen and oxygen atoms in total. The van der Waals surface area contributed by atoms with Crippen molar-refractivity contribution < 1.29 is 4.42 Å². The number of aromatic nitrogens is 2. The van der Waals surface area contributed by atoms with Crippen molar-refractivity contribution in [1.82, 2.24) is 15.1 Å². The number of anilines is 2. The molecule has 0 unspecified atom stereocenters. The molecule has 6 heteroatoms. The van der Waals surface area contributed by atoms with Crippen LogP contribution >= 0.6 is 0 Å². The third-order valence-corrected chi connectivity index (χ3v) is 4.77. The zero-order valence-electron chi connectivity index (χ0n) is 15.9. The van der Waals surface area contributed by atoms with Gasteiger partial charge in [-0.05, 0) is 51.5 Å². The highest BCUT2D eigenvalue weighted by Gasteiger charge is 2.20. The van der Waals surface area contributed by atoms with E-state index in [1.807, 2.05) is 13.8 Å². The first-order chi connectivity index (χ1) is 11.9. The summed E-state index contributed by atoms with van der Waals surface area (Å²) in [6, 6.07) is 7.24. The van der Waals surface area contributed by atoms with Crippen molar-refractivity contribution in [2.45, 2.75) is 46.7 Å². The average Bonchev–Trinajstić information content (AvgIpc) is 3.01. The van der Waals surface area contributed by atoms with Crippen molar-refractivity contribution in [3.63, 3.8) is 0 Å². The monoisotopic (exact) mass is 343 g/mol. The Bertz CT molecular complexity index is 704. The molecule has 0 saturated carbocycles. The van der Waals surface area contributed by atoms with Gasteiger partial charge in [0.2, 0.25) is 11.8 Å². The van der Waals surface area contributed by atoms with Gasteiger partial charge in [0.25, 0.3) is 0 Å². The van der Waals surface area contributed by atoms with E-state index >= 15 is 0 Å². The summed E-state index contributed by atoms with van der Waals surface area (Å²) >= 11 is 0. The number of aryl methyl sites for hydroxylation is 2. The molecule has 1 aromatic carbocycles. The minimum absolute atomic E-state index is 0.0198. The molecule has 0 radical (unpaired) electrons. The Labute approximate surface area is 150 Å². The molecular formula is C19H29N5O. The maximum absolute atomic E-state index is 5.53. The van der Waals surface area contributed by atoms with Gasteiger partial charge in [0, 0.05) is 50.5 Å². The summed E-state index contributed by atoms with van der Waals surface area (Å²) in [5.41, 5.74) is 3.62. The first-order valence-electron chi connectivity index (χ1n) is 9.09. The quantitative estimate of drug-likeness (QED) is 0.898. The van der Waals surface area contributed by atoms with Gasteiger partial charge in [-0.15, -0.1) is 10.2 Å². The van der Waals surface area contributed by atoms with E-state index in [-0.39, 0.29) is 6.04 Å². The zero-order valence-corrected chi connectivity index (χ0v) is 15.9. The second-order valence-corrected chi connectivity index (χ2v) is 7.20. The Kier molecular flexibility index (Phi) is 5.27.